The van der Waals surface area contributed by atoms with Crippen molar-refractivity contribution in [3.63, 3.8) is 0 Å². The first-order valence-electron chi connectivity index (χ1n) is 5.66. The fourth-order valence-electron chi connectivity index (χ4n) is 1.93. The Kier molecular flexibility index (Phi) is 2.96. The fraction of sp³-hybridized carbons (Fsp3) is 0.538. The third kappa shape index (κ3) is 2.72. The maximum Gasteiger partial charge on any atom is 0.120 e. The molecule has 2 atom stereocenters. The molecule has 2 rings (SSSR count). The van der Waals surface area contributed by atoms with Gasteiger partial charge in [0, 0.05) is 12.1 Å². The smallest absolute Gasteiger partial charge is 0.120 e. The molecule has 1 aliphatic rings. The van der Waals surface area contributed by atoms with Crippen molar-refractivity contribution in [1.82, 2.24) is 5.32 Å². The average molecular weight is 205 g/mol. The Morgan fingerprint density at radius 2 is 2.20 bits per heavy atom. The number of aryl methyl sites for hydroxylation is 1. The van der Waals surface area contributed by atoms with E-state index in [4.69, 9.17) is 0 Å². The molecule has 0 bridgehead atoms. The summed E-state index contributed by atoms with van der Waals surface area (Å²) >= 11 is 0. The van der Waals surface area contributed by atoms with E-state index in [1.807, 2.05) is 19.1 Å². The lowest BCUT2D eigenvalue weighted by Crippen LogP contribution is -2.16. The first kappa shape index (κ1) is 10.5. The topological polar surface area (TPSA) is 32.3 Å². The summed E-state index contributed by atoms with van der Waals surface area (Å²) in [6, 6.07) is 5.74. The van der Waals surface area contributed by atoms with Gasteiger partial charge in [-0.05, 0) is 37.8 Å². The predicted octanol–water partition coefficient (Wildman–Crippen LogP) is 2.45. The molecule has 0 spiro atoms. The van der Waals surface area contributed by atoms with Crippen LogP contribution in [0.15, 0.2) is 18.2 Å². The SMILES string of the molecule is Cc1ccc(O)c(CNCC2CC2C)c1. The van der Waals surface area contributed by atoms with Crippen LogP contribution in [0, 0.1) is 18.8 Å². The summed E-state index contributed by atoms with van der Waals surface area (Å²) in [5, 5.41) is 13.0. The van der Waals surface area contributed by atoms with Gasteiger partial charge in [0.05, 0.1) is 0 Å². The summed E-state index contributed by atoms with van der Waals surface area (Å²) in [7, 11) is 0. The van der Waals surface area contributed by atoms with E-state index >= 15 is 0 Å². The van der Waals surface area contributed by atoms with Crippen LogP contribution < -0.4 is 5.32 Å². The molecule has 1 aromatic carbocycles. The Hall–Kier alpha value is -1.02. The molecule has 0 amide bonds. The molecule has 2 unspecified atom stereocenters. The summed E-state index contributed by atoms with van der Waals surface area (Å²) < 4.78 is 0. The standard InChI is InChI=1S/C13H19NO/c1-9-3-4-13(15)12(5-9)8-14-7-11-6-10(11)2/h3-5,10-11,14-15H,6-8H2,1-2H3. The van der Waals surface area contributed by atoms with Gasteiger partial charge in [-0.1, -0.05) is 24.6 Å². The highest BCUT2D eigenvalue weighted by Gasteiger charge is 2.31. The molecule has 0 radical (unpaired) electrons. The van der Waals surface area contributed by atoms with E-state index in [0.717, 1.165) is 30.5 Å². The summed E-state index contributed by atoms with van der Waals surface area (Å²) in [5.74, 6) is 2.15. The predicted molar refractivity (Wildman–Crippen MR) is 61.8 cm³/mol. The minimum atomic E-state index is 0.400. The minimum absolute atomic E-state index is 0.400. The normalized spacial score (nSPS) is 24.1. The molecule has 1 saturated carbocycles. The van der Waals surface area contributed by atoms with E-state index in [0.29, 0.717) is 5.75 Å². The van der Waals surface area contributed by atoms with Crippen LogP contribution in [0.1, 0.15) is 24.5 Å². The molecule has 15 heavy (non-hydrogen) atoms. The maximum absolute atomic E-state index is 9.63. The van der Waals surface area contributed by atoms with Gasteiger partial charge in [0.15, 0.2) is 0 Å². The molecule has 1 aromatic rings. The summed E-state index contributed by atoms with van der Waals surface area (Å²) in [6.07, 6.45) is 1.35. The van der Waals surface area contributed by atoms with Crippen molar-refractivity contribution in [2.24, 2.45) is 11.8 Å². The van der Waals surface area contributed by atoms with Gasteiger partial charge in [0.25, 0.3) is 0 Å². The van der Waals surface area contributed by atoms with E-state index < -0.39 is 0 Å². The van der Waals surface area contributed by atoms with Crippen molar-refractivity contribution < 1.29 is 5.11 Å². The molecule has 1 aliphatic carbocycles. The highest BCUT2D eigenvalue weighted by Crippen LogP contribution is 2.36. The third-order valence-corrected chi connectivity index (χ3v) is 3.23. The first-order valence-corrected chi connectivity index (χ1v) is 5.66. The van der Waals surface area contributed by atoms with Crippen LogP contribution in [0.4, 0.5) is 0 Å². The highest BCUT2D eigenvalue weighted by molar-refractivity contribution is 5.35. The van der Waals surface area contributed by atoms with E-state index in [-0.39, 0.29) is 0 Å². The van der Waals surface area contributed by atoms with Crippen LogP contribution in [-0.4, -0.2) is 11.7 Å². The van der Waals surface area contributed by atoms with Gasteiger partial charge in [0.2, 0.25) is 0 Å². The quantitative estimate of drug-likeness (QED) is 0.791. The molecular formula is C13H19NO. The summed E-state index contributed by atoms with van der Waals surface area (Å²) in [5.41, 5.74) is 2.20. The zero-order chi connectivity index (χ0) is 10.8. The number of aromatic hydroxyl groups is 1. The fourth-order valence-corrected chi connectivity index (χ4v) is 1.93. The van der Waals surface area contributed by atoms with Crippen molar-refractivity contribution in [3.05, 3.63) is 29.3 Å². The monoisotopic (exact) mass is 205 g/mol. The summed E-state index contributed by atoms with van der Waals surface area (Å²) in [4.78, 5) is 0. The third-order valence-electron chi connectivity index (χ3n) is 3.23. The van der Waals surface area contributed by atoms with Crippen LogP contribution in [0.3, 0.4) is 0 Å². The van der Waals surface area contributed by atoms with Crippen molar-refractivity contribution >= 4 is 0 Å². The van der Waals surface area contributed by atoms with Crippen LogP contribution in [-0.2, 0) is 6.54 Å². The Balaban J connectivity index is 1.84. The Morgan fingerprint density at radius 3 is 2.87 bits per heavy atom. The zero-order valence-corrected chi connectivity index (χ0v) is 9.46. The molecule has 0 saturated heterocycles. The second-order valence-corrected chi connectivity index (χ2v) is 4.74. The molecule has 0 aliphatic heterocycles. The number of hydrogen-bond donors (Lipinski definition) is 2. The van der Waals surface area contributed by atoms with Gasteiger partial charge in [-0.3, -0.25) is 0 Å². The average Bonchev–Trinajstić information content (AvgIpc) is 2.88. The second kappa shape index (κ2) is 4.23. The van der Waals surface area contributed by atoms with Gasteiger partial charge in [-0.15, -0.1) is 0 Å². The number of rotatable bonds is 4. The second-order valence-electron chi connectivity index (χ2n) is 4.74. The van der Waals surface area contributed by atoms with Gasteiger partial charge in [-0.25, -0.2) is 0 Å². The molecule has 0 aromatic heterocycles. The molecule has 1 fully saturated rings. The van der Waals surface area contributed by atoms with Gasteiger partial charge < -0.3 is 10.4 Å². The molecule has 2 N–H and O–H groups in total. The number of phenolic OH excluding ortho intramolecular Hbond substituents is 1. The van der Waals surface area contributed by atoms with E-state index in [1.54, 1.807) is 6.07 Å². The Morgan fingerprint density at radius 1 is 1.47 bits per heavy atom. The lowest BCUT2D eigenvalue weighted by Gasteiger charge is -2.07. The summed E-state index contributed by atoms with van der Waals surface area (Å²) in [6.45, 7) is 6.19. The minimum Gasteiger partial charge on any atom is -0.508 e. The van der Waals surface area contributed by atoms with Crippen molar-refractivity contribution in [2.45, 2.75) is 26.8 Å². The van der Waals surface area contributed by atoms with E-state index in [9.17, 15) is 5.11 Å². The Bertz CT molecular complexity index is 348. The largest absolute Gasteiger partial charge is 0.508 e. The number of nitrogens with one attached hydrogen (secondary N) is 1. The van der Waals surface area contributed by atoms with Crippen LogP contribution >= 0.6 is 0 Å². The lowest BCUT2D eigenvalue weighted by atomic mass is 10.1. The number of phenols is 1. The molecule has 2 heteroatoms. The van der Waals surface area contributed by atoms with Crippen molar-refractivity contribution in [2.75, 3.05) is 6.54 Å². The zero-order valence-electron chi connectivity index (χ0n) is 9.46. The molecule has 82 valence electrons. The van der Waals surface area contributed by atoms with Gasteiger partial charge in [-0.2, -0.15) is 0 Å². The highest BCUT2D eigenvalue weighted by atomic mass is 16.3. The van der Waals surface area contributed by atoms with Crippen LogP contribution in [0.2, 0.25) is 0 Å². The van der Waals surface area contributed by atoms with Crippen molar-refractivity contribution in [1.29, 1.82) is 0 Å². The molecule has 2 nitrogen and oxygen atoms in total. The van der Waals surface area contributed by atoms with Crippen molar-refractivity contribution in [3.8, 4) is 5.75 Å². The maximum atomic E-state index is 9.63. The Labute approximate surface area is 91.3 Å². The van der Waals surface area contributed by atoms with Crippen LogP contribution in [0.25, 0.3) is 0 Å². The molecule has 0 heterocycles. The lowest BCUT2D eigenvalue weighted by molar-refractivity contribution is 0.463. The van der Waals surface area contributed by atoms with E-state index in [2.05, 4.69) is 12.2 Å². The van der Waals surface area contributed by atoms with Gasteiger partial charge >= 0.3 is 0 Å². The van der Waals surface area contributed by atoms with Gasteiger partial charge in [0.1, 0.15) is 5.75 Å². The van der Waals surface area contributed by atoms with Crippen LogP contribution in [0.5, 0.6) is 5.75 Å². The first-order chi connectivity index (χ1) is 7.16. The van der Waals surface area contributed by atoms with E-state index in [1.165, 1.54) is 12.0 Å². The molecular weight excluding hydrogens is 186 g/mol. The number of benzene rings is 1. The number of hydrogen-bond acceptors (Lipinski definition) is 2.